The molecule has 0 amide bonds. The molecule has 3 aromatic heterocycles. The second-order valence-corrected chi connectivity index (χ2v) is 5.67. The summed E-state index contributed by atoms with van der Waals surface area (Å²) in [6.07, 6.45) is 5.25. The lowest BCUT2D eigenvalue weighted by Crippen LogP contribution is -2.47. The highest BCUT2D eigenvalue weighted by Gasteiger charge is 2.22. The van der Waals surface area contributed by atoms with Gasteiger partial charge in [-0.25, -0.2) is 19.9 Å². The zero-order valence-corrected chi connectivity index (χ0v) is 13.2. The van der Waals surface area contributed by atoms with E-state index >= 15 is 0 Å². The normalized spacial score (nSPS) is 15.4. The van der Waals surface area contributed by atoms with Crippen LogP contribution in [0.5, 0.6) is 0 Å². The van der Waals surface area contributed by atoms with Crippen LogP contribution < -0.4 is 9.80 Å². The Morgan fingerprint density at radius 1 is 1.00 bits per heavy atom. The van der Waals surface area contributed by atoms with Gasteiger partial charge in [0.05, 0.1) is 11.6 Å². The summed E-state index contributed by atoms with van der Waals surface area (Å²) >= 11 is 0. The van der Waals surface area contributed by atoms with E-state index in [9.17, 15) is 0 Å². The van der Waals surface area contributed by atoms with E-state index in [1.807, 2.05) is 32.4 Å². The number of anilines is 2. The fourth-order valence-corrected chi connectivity index (χ4v) is 2.91. The van der Waals surface area contributed by atoms with Crippen molar-refractivity contribution < 1.29 is 0 Å². The fraction of sp³-hybridized carbons (Fsp3) is 0.400. The molecule has 0 bridgehead atoms. The van der Waals surface area contributed by atoms with Gasteiger partial charge >= 0.3 is 0 Å². The first-order chi connectivity index (χ1) is 11.2. The second-order valence-electron chi connectivity index (χ2n) is 5.67. The number of fused-ring (bicyclic) bond motifs is 1. The van der Waals surface area contributed by atoms with Crippen LogP contribution in [0.1, 0.15) is 5.69 Å². The average molecular weight is 310 g/mol. The van der Waals surface area contributed by atoms with Crippen LogP contribution in [0.4, 0.5) is 11.8 Å². The summed E-state index contributed by atoms with van der Waals surface area (Å²) in [5.74, 6) is 1.76. The Bertz CT molecular complexity index is 834. The molecule has 1 aliphatic heterocycles. The number of aromatic nitrogens is 6. The summed E-state index contributed by atoms with van der Waals surface area (Å²) in [5.41, 5.74) is 1.85. The lowest BCUT2D eigenvalue weighted by molar-refractivity contribution is 0.635. The van der Waals surface area contributed by atoms with E-state index in [0.29, 0.717) is 0 Å². The molecule has 1 saturated heterocycles. The summed E-state index contributed by atoms with van der Waals surface area (Å²) in [5, 5.41) is 5.28. The fourth-order valence-electron chi connectivity index (χ4n) is 2.91. The number of hydrogen-bond donors (Lipinski definition) is 0. The van der Waals surface area contributed by atoms with E-state index < -0.39 is 0 Å². The van der Waals surface area contributed by atoms with Crippen LogP contribution in [0.25, 0.3) is 11.0 Å². The molecule has 0 spiro atoms. The molecule has 0 aromatic carbocycles. The van der Waals surface area contributed by atoms with E-state index in [0.717, 1.165) is 54.7 Å². The largest absolute Gasteiger partial charge is 0.352 e. The summed E-state index contributed by atoms with van der Waals surface area (Å²) < 4.78 is 1.78. The molecule has 0 saturated carbocycles. The molecule has 8 heteroatoms. The minimum Gasteiger partial charge on any atom is -0.352 e. The molecular formula is C15H18N8. The molecule has 4 rings (SSSR count). The third-order valence-electron chi connectivity index (χ3n) is 4.15. The van der Waals surface area contributed by atoms with Gasteiger partial charge in [-0.15, -0.1) is 0 Å². The highest BCUT2D eigenvalue weighted by atomic mass is 15.3. The van der Waals surface area contributed by atoms with Crippen LogP contribution in [0.15, 0.2) is 24.8 Å². The number of nitrogens with zero attached hydrogens (tertiary/aromatic N) is 8. The van der Waals surface area contributed by atoms with E-state index in [1.165, 1.54) is 0 Å². The standard InChI is InChI=1S/C15H18N8/c1-11-3-4-16-15(20-11)23-7-5-22(6-8-23)14-12-9-19-21(2)13(12)17-10-18-14/h3-4,9-10H,5-8H2,1-2H3. The first kappa shape index (κ1) is 13.9. The molecule has 1 fully saturated rings. The highest BCUT2D eigenvalue weighted by molar-refractivity contribution is 5.86. The average Bonchev–Trinajstić information content (AvgIpc) is 2.97. The van der Waals surface area contributed by atoms with E-state index in [1.54, 1.807) is 11.0 Å². The predicted molar refractivity (Wildman–Crippen MR) is 87.5 cm³/mol. The zero-order chi connectivity index (χ0) is 15.8. The molecule has 0 N–H and O–H groups in total. The van der Waals surface area contributed by atoms with E-state index in [4.69, 9.17) is 0 Å². The van der Waals surface area contributed by atoms with Crippen molar-refractivity contribution in [1.29, 1.82) is 0 Å². The monoisotopic (exact) mass is 310 g/mol. The van der Waals surface area contributed by atoms with Crippen molar-refractivity contribution in [1.82, 2.24) is 29.7 Å². The summed E-state index contributed by atoms with van der Waals surface area (Å²) in [6, 6.07) is 1.92. The first-order valence-corrected chi connectivity index (χ1v) is 7.64. The van der Waals surface area contributed by atoms with Crippen LogP contribution in [-0.2, 0) is 7.05 Å². The van der Waals surface area contributed by atoms with Crippen molar-refractivity contribution in [3.05, 3.63) is 30.5 Å². The van der Waals surface area contributed by atoms with Crippen molar-refractivity contribution in [2.24, 2.45) is 7.05 Å². The molecule has 0 atom stereocenters. The van der Waals surface area contributed by atoms with Gasteiger partial charge in [0.15, 0.2) is 5.65 Å². The minimum atomic E-state index is 0.805. The number of hydrogen-bond acceptors (Lipinski definition) is 7. The van der Waals surface area contributed by atoms with Crippen molar-refractivity contribution in [2.45, 2.75) is 6.92 Å². The number of piperazine rings is 1. The Morgan fingerprint density at radius 2 is 1.78 bits per heavy atom. The van der Waals surface area contributed by atoms with Gasteiger partial charge < -0.3 is 9.80 Å². The maximum absolute atomic E-state index is 4.51. The van der Waals surface area contributed by atoms with Gasteiger partial charge in [0, 0.05) is 45.1 Å². The van der Waals surface area contributed by atoms with Crippen LogP contribution in [0, 0.1) is 6.92 Å². The smallest absolute Gasteiger partial charge is 0.225 e. The molecule has 3 aromatic rings. The topological polar surface area (TPSA) is 75.9 Å². The Balaban J connectivity index is 1.55. The molecule has 23 heavy (non-hydrogen) atoms. The Kier molecular flexibility index (Phi) is 3.29. The minimum absolute atomic E-state index is 0.805. The first-order valence-electron chi connectivity index (χ1n) is 7.64. The SMILES string of the molecule is Cc1ccnc(N2CCN(c3ncnc4c3cnn4C)CC2)n1. The van der Waals surface area contributed by atoms with Crippen LogP contribution in [0.2, 0.25) is 0 Å². The lowest BCUT2D eigenvalue weighted by atomic mass is 10.3. The van der Waals surface area contributed by atoms with E-state index in [2.05, 4.69) is 34.8 Å². The van der Waals surface area contributed by atoms with Gasteiger partial charge in [0.1, 0.15) is 12.1 Å². The number of aryl methyl sites for hydroxylation is 2. The van der Waals surface area contributed by atoms with Crippen LogP contribution >= 0.6 is 0 Å². The van der Waals surface area contributed by atoms with Crippen LogP contribution in [-0.4, -0.2) is 55.9 Å². The Hall–Kier alpha value is -2.77. The second kappa shape index (κ2) is 5.45. The summed E-state index contributed by atoms with van der Waals surface area (Å²) in [6.45, 7) is 5.47. The highest BCUT2D eigenvalue weighted by Crippen LogP contribution is 2.23. The van der Waals surface area contributed by atoms with Gasteiger partial charge in [0.25, 0.3) is 0 Å². The third-order valence-corrected chi connectivity index (χ3v) is 4.15. The summed E-state index contributed by atoms with van der Waals surface area (Å²) in [4.78, 5) is 22.1. The molecule has 4 heterocycles. The molecule has 0 unspecified atom stereocenters. The maximum Gasteiger partial charge on any atom is 0.225 e. The van der Waals surface area contributed by atoms with E-state index in [-0.39, 0.29) is 0 Å². The van der Waals surface area contributed by atoms with Gasteiger partial charge in [-0.2, -0.15) is 5.10 Å². The Morgan fingerprint density at radius 3 is 2.57 bits per heavy atom. The lowest BCUT2D eigenvalue weighted by Gasteiger charge is -2.35. The van der Waals surface area contributed by atoms with Crippen molar-refractivity contribution in [3.8, 4) is 0 Å². The third kappa shape index (κ3) is 2.45. The molecule has 0 radical (unpaired) electrons. The quantitative estimate of drug-likeness (QED) is 0.692. The van der Waals surface area contributed by atoms with Crippen LogP contribution in [0.3, 0.4) is 0 Å². The van der Waals surface area contributed by atoms with Crippen molar-refractivity contribution >= 4 is 22.8 Å². The Labute approximate surface area is 133 Å². The van der Waals surface area contributed by atoms with Gasteiger partial charge in [-0.1, -0.05) is 0 Å². The van der Waals surface area contributed by atoms with Gasteiger partial charge in [-0.05, 0) is 13.0 Å². The zero-order valence-electron chi connectivity index (χ0n) is 13.2. The van der Waals surface area contributed by atoms with Gasteiger partial charge in [0.2, 0.25) is 5.95 Å². The molecule has 1 aliphatic rings. The van der Waals surface area contributed by atoms with Crippen molar-refractivity contribution in [2.75, 3.05) is 36.0 Å². The molecular weight excluding hydrogens is 292 g/mol. The molecule has 0 aliphatic carbocycles. The summed E-state index contributed by atoms with van der Waals surface area (Å²) in [7, 11) is 1.89. The predicted octanol–water partition coefficient (Wildman–Crippen LogP) is 0.788. The molecule has 8 nitrogen and oxygen atoms in total. The number of rotatable bonds is 2. The molecule has 118 valence electrons. The maximum atomic E-state index is 4.51. The van der Waals surface area contributed by atoms with Gasteiger partial charge in [-0.3, -0.25) is 4.68 Å². The van der Waals surface area contributed by atoms with Crippen molar-refractivity contribution in [3.63, 3.8) is 0 Å².